The van der Waals surface area contributed by atoms with Crippen molar-refractivity contribution in [2.75, 3.05) is 11.9 Å². The maximum Gasteiger partial charge on any atom is 0.274 e. The first-order valence-corrected chi connectivity index (χ1v) is 8.79. The highest BCUT2D eigenvalue weighted by molar-refractivity contribution is 6.40. The first-order valence-electron chi connectivity index (χ1n) is 8.03. The number of amides is 2. The van der Waals surface area contributed by atoms with Crippen molar-refractivity contribution in [3.05, 3.63) is 57.8 Å². The molecule has 0 bridgehead atoms. The minimum Gasteiger partial charge on any atom is -0.351 e. The Bertz CT molecular complexity index is 745. The van der Waals surface area contributed by atoms with Gasteiger partial charge in [-0.2, -0.15) is 0 Å². The number of pyridine rings is 1. The molecule has 1 aromatic carbocycles. The normalized spacial score (nSPS) is 10.4. The molecule has 0 saturated heterocycles. The third kappa shape index (κ3) is 5.44. The van der Waals surface area contributed by atoms with E-state index in [4.69, 9.17) is 23.2 Å². The molecule has 5 nitrogen and oxygen atoms in total. The van der Waals surface area contributed by atoms with Crippen molar-refractivity contribution in [1.29, 1.82) is 0 Å². The van der Waals surface area contributed by atoms with Crippen LogP contribution in [-0.2, 0) is 0 Å². The molecule has 25 heavy (non-hydrogen) atoms. The highest BCUT2D eigenvalue weighted by Gasteiger charge is 2.15. The molecule has 2 N–H and O–H groups in total. The zero-order chi connectivity index (χ0) is 18.2. The van der Waals surface area contributed by atoms with E-state index < -0.39 is 5.91 Å². The van der Waals surface area contributed by atoms with Crippen LogP contribution in [0.25, 0.3) is 0 Å². The fraction of sp³-hybridized carbons (Fsp3) is 0.278. The highest BCUT2D eigenvalue weighted by atomic mass is 35.5. The minimum absolute atomic E-state index is 0.109. The number of aromatic nitrogens is 1. The smallest absolute Gasteiger partial charge is 0.274 e. The van der Waals surface area contributed by atoms with Crippen molar-refractivity contribution < 1.29 is 9.59 Å². The molecule has 1 aromatic heterocycles. The molecule has 0 aliphatic carbocycles. The number of hydrogen-bond donors (Lipinski definition) is 2. The summed E-state index contributed by atoms with van der Waals surface area (Å²) >= 11 is 12.1. The molecule has 0 aliphatic rings. The van der Waals surface area contributed by atoms with Crippen LogP contribution in [0, 0.1) is 0 Å². The van der Waals surface area contributed by atoms with Crippen LogP contribution in [0.1, 0.15) is 47.2 Å². The van der Waals surface area contributed by atoms with Gasteiger partial charge in [0.05, 0.1) is 15.7 Å². The Balaban J connectivity index is 2.07. The summed E-state index contributed by atoms with van der Waals surface area (Å²) in [5.74, 6) is -0.794. The molecule has 2 amide bonds. The van der Waals surface area contributed by atoms with Crippen LogP contribution in [0.4, 0.5) is 5.69 Å². The lowest BCUT2D eigenvalue weighted by Gasteiger charge is -2.09. The Morgan fingerprint density at radius 2 is 1.56 bits per heavy atom. The van der Waals surface area contributed by atoms with E-state index in [-0.39, 0.29) is 17.3 Å². The van der Waals surface area contributed by atoms with Gasteiger partial charge in [0.2, 0.25) is 0 Å². The van der Waals surface area contributed by atoms with Gasteiger partial charge in [-0.3, -0.25) is 9.59 Å². The molecule has 7 heteroatoms. The van der Waals surface area contributed by atoms with Crippen molar-refractivity contribution in [1.82, 2.24) is 10.3 Å². The molecular weight excluding hydrogens is 361 g/mol. The van der Waals surface area contributed by atoms with Gasteiger partial charge < -0.3 is 10.6 Å². The number of carbonyl (C=O) groups is 2. The second-order valence-electron chi connectivity index (χ2n) is 5.42. The van der Waals surface area contributed by atoms with Crippen LogP contribution in [0.3, 0.4) is 0 Å². The van der Waals surface area contributed by atoms with Gasteiger partial charge in [-0.25, -0.2) is 4.98 Å². The van der Waals surface area contributed by atoms with Crippen LogP contribution in [-0.4, -0.2) is 23.3 Å². The van der Waals surface area contributed by atoms with Gasteiger partial charge in [0.25, 0.3) is 11.8 Å². The van der Waals surface area contributed by atoms with E-state index in [9.17, 15) is 9.59 Å². The number of rotatable bonds is 7. The summed E-state index contributed by atoms with van der Waals surface area (Å²) in [6, 6.07) is 9.62. The van der Waals surface area contributed by atoms with E-state index in [0.29, 0.717) is 22.3 Å². The quantitative estimate of drug-likeness (QED) is 0.692. The summed E-state index contributed by atoms with van der Waals surface area (Å²) < 4.78 is 0. The average molecular weight is 380 g/mol. The molecule has 0 radical (unpaired) electrons. The van der Waals surface area contributed by atoms with E-state index in [0.717, 1.165) is 19.3 Å². The first-order chi connectivity index (χ1) is 12.0. The van der Waals surface area contributed by atoms with Crippen molar-refractivity contribution in [2.24, 2.45) is 0 Å². The van der Waals surface area contributed by atoms with Crippen LogP contribution < -0.4 is 10.6 Å². The number of anilines is 1. The zero-order valence-corrected chi connectivity index (χ0v) is 15.3. The second-order valence-corrected chi connectivity index (χ2v) is 6.24. The number of benzene rings is 1. The molecule has 0 aliphatic heterocycles. The number of para-hydroxylation sites is 1. The van der Waals surface area contributed by atoms with Crippen LogP contribution in [0.5, 0.6) is 0 Å². The molecule has 1 heterocycles. The predicted octanol–water partition coefficient (Wildman–Crippen LogP) is 4.56. The monoisotopic (exact) mass is 379 g/mol. The summed E-state index contributed by atoms with van der Waals surface area (Å²) in [7, 11) is 0. The van der Waals surface area contributed by atoms with Gasteiger partial charge in [-0.15, -0.1) is 0 Å². The van der Waals surface area contributed by atoms with Gasteiger partial charge in [0, 0.05) is 6.54 Å². The minimum atomic E-state index is -0.490. The molecule has 0 saturated carbocycles. The third-order valence-corrected chi connectivity index (χ3v) is 4.11. The number of halogens is 2. The van der Waals surface area contributed by atoms with Gasteiger partial charge >= 0.3 is 0 Å². The van der Waals surface area contributed by atoms with E-state index in [1.807, 2.05) is 0 Å². The molecule has 2 rings (SSSR count). The summed E-state index contributed by atoms with van der Waals surface area (Å²) in [5, 5.41) is 6.07. The topological polar surface area (TPSA) is 71.1 Å². The molecule has 132 valence electrons. The summed E-state index contributed by atoms with van der Waals surface area (Å²) in [6.45, 7) is 2.68. The number of unbranched alkanes of at least 4 members (excludes halogenated alkanes) is 2. The maximum absolute atomic E-state index is 12.4. The van der Waals surface area contributed by atoms with Gasteiger partial charge in [-0.1, -0.05) is 55.1 Å². The molecule has 2 aromatic rings. The predicted molar refractivity (Wildman–Crippen MR) is 101 cm³/mol. The second kappa shape index (κ2) is 9.39. The van der Waals surface area contributed by atoms with Gasteiger partial charge in [-0.05, 0) is 30.7 Å². The fourth-order valence-electron chi connectivity index (χ4n) is 2.15. The molecule has 0 fully saturated rings. The molecule has 0 atom stereocenters. The lowest BCUT2D eigenvalue weighted by molar-refractivity contribution is 0.0948. The van der Waals surface area contributed by atoms with Gasteiger partial charge in [0.1, 0.15) is 11.4 Å². The summed E-state index contributed by atoms with van der Waals surface area (Å²) in [5.41, 5.74) is 0.610. The van der Waals surface area contributed by atoms with E-state index in [2.05, 4.69) is 22.5 Å². The Morgan fingerprint density at radius 1 is 0.960 bits per heavy atom. The Morgan fingerprint density at radius 3 is 2.20 bits per heavy atom. The SMILES string of the molecule is CCCCCNC(=O)c1cccc(C(=O)Nc2c(Cl)cccc2Cl)n1. The molecule has 0 spiro atoms. The average Bonchev–Trinajstić information content (AvgIpc) is 2.61. The number of carbonyl (C=O) groups excluding carboxylic acids is 2. The third-order valence-electron chi connectivity index (χ3n) is 3.48. The first kappa shape index (κ1) is 19.2. The lowest BCUT2D eigenvalue weighted by Crippen LogP contribution is -2.26. The number of nitrogens with zero attached hydrogens (tertiary/aromatic N) is 1. The van der Waals surface area contributed by atoms with Crippen LogP contribution >= 0.6 is 23.2 Å². The summed E-state index contributed by atoms with van der Waals surface area (Å²) in [6.07, 6.45) is 3.04. The number of nitrogens with one attached hydrogen (secondary N) is 2. The van der Waals surface area contributed by atoms with Gasteiger partial charge in [0.15, 0.2) is 0 Å². The van der Waals surface area contributed by atoms with Crippen LogP contribution in [0.15, 0.2) is 36.4 Å². The van der Waals surface area contributed by atoms with E-state index >= 15 is 0 Å². The fourth-order valence-corrected chi connectivity index (χ4v) is 2.64. The highest BCUT2D eigenvalue weighted by Crippen LogP contribution is 2.30. The Labute approximate surface area is 156 Å². The Kier molecular flexibility index (Phi) is 7.22. The van der Waals surface area contributed by atoms with Crippen molar-refractivity contribution in [2.45, 2.75) is 26.2 Å². The lowest BCUT2D eigenvalue weighted by atomic mass is 10.2. The van der Waals surface area contributed by atoms with Crippen molar-refractivity contribution in [3.63, 3.8) is 0 Å². The molecule has 0 unspecified atom stereocenters. The van der Waals surface area contributed by atoms with Crippen molar-refractivity contribution in [3.8, 4) is 0 Å². The zero-order valence-electron chi connectivity index (χ0n) is 13.8. The Hall–Kier alpha value is -2.11. The van der Waals surface area contributed by atoms with E-state index in [1.165, 1.54) is 6.07 Å². The largest absolute Gasteiger partial charge is 0.351 e. The standard InChI is InChI=1S/C18H19Cl2N3O2/c1-2-3-4-11-21-17(24)14-9-6-10-15(22-14)18(25)23-16-12(19)7-5-8-13(16)20/h5-10H,2-4,11H2,1H3,(H,21,24)(H,23,25). The summed E-state index contributed by atoms with van der Waals surface area (Å²) in [4.78, 5) is 28.6. The van der Waals surface area contributed by atoms with Crippen molar-refractivity contribution >= 4 is 40.7 Å². The molecular formula is C18H19Cl2N3O2. The maximum atomic E-state index is 12.4. The van der Waals surface area contributed by atoms with E-state index in [1.54, 1.807) is 30.3 Å². The number of hydrogen-bond acceptors (Lipinski definition) is 3. The van der Waals surface area contributed by atoms with Crippen LogP contribution in [0.2, 0.25) is 10.0 Å².